The molecule has 0 spiro atoms. The molecule has 2 heterocycles. The van der Waals surface area contributed by atoms with Gasteiger partial charge in [0.2, 0.25) is 0 Å². The molecule has 0 aromatic heterocycles. The first kappa shape index (κ1) is 13.9. The molecule has 0 unspecified atom stereocenters. The minimum absolute atomic E-state index is 0.136. The molecule has 2 N–H and O–H groups in total. The molecule has 0 aliphatic carbocycles. The summed E-state index contributed by atoms with van der Waals surface area (Å²) in [5.74, 6) is -1.03. The molecule has 2 aliphatic heterocycles. The van der Waals surface area contributed by atoms with Crippen molar-refractivity contribution in [1.29, 1.82) is 0 Å². The lowest BCUT2D eigenvalue weighted by molar-refractivity contribution is -0.143. The number of nitrogens with zero attached hydrogens (tertiary/aromatic N) is 1. The number of rotatable bonds is 2. The topological polar surface area (TPSA) is 69.6 Å². The first-order valence-corrected chi connectivity index (χ1v) is 7.58. The molecule has 1 aromatic carbocycles. The molecule has 1 amide bonds. The summed E-state index contributed by atoms with van der Waals surface area (Å²) in [6.45, 7) is 1.46. The molecule has 21 heavy (non-hydrogen) atoms. The van der Waals surface area contributed by atoms with E-state index in [2.05, 4.69) is 5.32 Å². The van der Waals surface area contributed by atoms with Crippen molar-refractivity contribution in [2.45, 2.75) is 38.1 Å². The van der Waals surface area contributed by atoms with E-state index in [0.29, 0.717) is 18.5 Å². The molecule has 5 heteroatoms. The van der Waals surface area contributed by atoms with E-state index in [1.54, 1.807) is 0 Å². The fraction of sp³-hybridized carbons (Fsp3) is 0.500. The van der Waals surface area contributed by atoms with Crippen LogP contribution in [0.5, 0.6) is 0 Å². The summed E-state index contributed by atoms with van der Waals surface area (Å²) in [7, 11) is 0. The number of carboxylic acid groups (broad SMARTS) is 1. The van der Waals surface area contributed by atoms with Crippen LogP contribution in [0.2, 0.25) is 0 Å². The second-order valence-electron chi connectivity index (χ2n) is 5.71. The summed E-state index contributed by atoms with van der Waals surface area (Å²) in [6, 6.07) is 4.99. The van der Waals surface area contributed by atoms with Crippen molar-refractivity contribution in [3.05, 3.63) is 29.3 Å². The summed E-state index contributed by atoms with van der Waals surface area (Å²) in [6.07, 6.45) is 4.17. The molecule has 0 bridgehead atoms. The van der Waals surface area contributed by atoms with Crippen LogP contribution >= 0.6 is 0 Å². The van der Waals surface area contributed by atoms with E-state index in [4.69, 9.17) is 0 Å². The third-order valence-corrected chi connectivity index (χ3v) is 4.37. The standard InChI is InChI=1S/C16H20N2O3/c19-15(18-10-2-1-8-14(18)16(20)21)12-5-3-7-13-11(12)6-4-9-17-13/h3,5,7,14,17H,1-2,4,6,8-10H2,(H,20,21)/t14-/m1/s1. The van der Waals surface area contributed by atoms with Gasteiger partial charge in [0.05, 0.1) is 0 Å². The SMILES string of the molecule is O=C(O)[C@H]1CCCCN1C(=O)c1cccc2c1CCCN2. The molecule has 1 atom stereocenters. The van der Waals surface area contributed by atoms with Crippen molar-refractivity contribution in [3.63, 3.8) is 0 Å². The highest BCUT2D eigenvalue weighted by atomic mass is 16.4. The van der Waals surface area contributed by atoms with Crippen molar-refractivity contribution in [3.8, 4) is 0 Å². The summed E-state index contributed by atoms with van der Waals surface area (Å²) < 4.78 is 0. The van der Waals surface area contributed by atoms with Gasteiger partial charge in [-0.2, -0.15) is 0 Å². The van der Waals surface area contributed by atoms with Gasteiger partial charge in [-0.25, -0.2) is 4.79 Å². The maximum Gasteiger partial charge on any atom is 0.326 e. The van der Waals surface area contributed by atoms with E-state index in [0.717, 1.165) is 43.5 Å². The monoisotopic (exact) mass is 288 g/mol. The lowest BCUT2D eigenvalue weighted by Crippen LogP contribution is -2.48. The van der Waals surface area contributed by atoms with Gasteiger partial charge in [-0.05, 0) is 49.8 Å². The Morgan fingerprint density at radius 1 is 1.24 bits per heavy atom. The predicted octanol–water partition coefficient (Wildman–Crippen LogP) is 2.12. The Kier molecular flexibility index (Phi) is 3.82. The minimum atomic E-state index is -0.897. The maximum absolute atomic E-state index is 12.8. The molecule has 1 saturated heterocycles. The van der Waals surface area contributed by atoms with Crippen molar-refractivity contribution in [1.82, 2.24) is 4.90 Å². The number of anilines is 1. The van der Waals surface area contributed by atoms with E-state index in [9.17, 15) is 14.7 Å². The van der Waals surface area contributed by atoms with Crippen LogP contribution in [-0.4, -0.2) is 41.0 Å². The number of amides is 1. The zero-order chi connectivity index (χ0) is 14.8. The van der Waals surface area contributed by atoms with Crippen molar-refractivity contribution in [2.24, 2.45) is 0 Å². The van der Waals surface area contributed by atoms with Gasteiger partial charge in [0, 0.05) is 24.3 Å². The van der Waals surface area contributed by atoms with Crippen molar-refractivity contribution < 1.29 is 14.7 Å². The maximum atomic E-state index is 12.8. The molecule has 1 fully saturated rings. The Balaban J connectivity index is 1.92. The normalized spacial score (nSPS) is 21.3. The lowest BCUT2D eigenvalue weighted by atomic mass is 9.95. The van der Waals surface area contributed by atoms with Crippen molar-refractivity contribution in [2.75, 3.05) is 18.4 Å². The summed E-state index contributed by atoms with van der Waals surface area (Å²) in [4.78, 5) is 25.7. The molecule has 1 aromatic rings. The zero-order valence-corrected chi connectivity index (χ0v) is 12.0. The fourth-order valence-electron chi connectivity index (χ4n) is 3.30. The van der Waals surface area contributed by atoms with Gasteiger partial charge in [-0.1, -0.05) is 6.07 Å². The van der Waals surface area contributed by atoms with Crippen LogP contribution in [0.1, 0.15) is 41.6 Å². The van der Waals surface area contributed by atoms with Gasteiger partial charge in [0.15, 0.2) is 0 Å². The van der Waals surface area contributed by atoms with Crippen molar-refractivity contribution >= 4 is 17.6 Å². The predicted molar refractivity (Wildman–Crippen MR) is 79.6 cm³/mol. The number of carbonyl (C=O) groups excluding carboxylic acids is 1. The van der Waals surface area contributed by atoms with Crippen LogP contribution < -0.4 is 5.32 Å². The van der Waals surface area contributed by atoms with Gasteiger partial charge >= 0.3 is 5.97 Å². The molecule has 2 aliphatic rings. The van der Waals surface area contributed by atoms with Gasteiger partial charge < -0.3 is 15.3 Å². The van der Waals surface area contributed by atoms with Crippen LogP contribution in [-0.2, 0) is 11.2 Å². The van der Waals surface area contributed by atoms with Gasteiger partial charge in [0.25, 0.3) is 5.91 Å². The average Bonchev–Trinajstić information content (AvgIpc) is 2.53. The number of fused-ring (bicyclic) bond motifs is 1. The van der Waals surface area contributed by atoms with Crippen LogP contribution in [0.3, 0.4) is 0 Å². The van der Waals surface area contributed by atoms with Crippen LogP contribution in [0.25, 0.3) is 0 Å². The van der Waals surface area contributed by atoms with E-state index < -0.39 is 12.0 Å². The molecule has 0 radical (unpaired) electrons. The van der Waals surface area contributed by atoms with Gasteiger partial charge in [-0.3, -0.25) is 4.79 Å². The lowest BCUT2D eigenvalue weighted by Gasteiger charge is -2.34. The third kappa shape index (κ3) is 2.60. The Bertz CT molecular complexity index is 571. The third-order valence-electron chi connectivity index (χ3n) is 4.37. The number of likely N-dealkylation sites (tertiary alicyclic amines) is 1. The van der Waals surface area contributed by atoms with E-state index >= 15 is 0 Å². The number of hydrogen-bond donors (Lipinski definition) is 2. The number of hydrogen-bond acceptors (Lipinski definition) is 3. The molecular weight excluding hydrogens is 268 g/mol. The Morgan fingerprint density at radius 2 is 2.10 bits per heavy atom. The second kappa shape index (κ2) is 5.76. The van der Waals surface area contributed by atoms with E-state index in [-0.39, 0.29) is 5.91 Å². The smallest absolute Gasteiger partial charge is 0.326 e. The number of carboxylic acids is 1. The first-order chi connectivity index (χ1) is 10.2. The largest absolute Gasteiger partial charge is 0.480 e. The molecule has 112 valence electrons. The highest BCUT2D eigenvalue weighted by Gasteiger charge is 2.33. The van der Waals surface area contributed by atoms with Crippen LogP contribution in [0.15, 0.2) is 18.2 Å². The fourth-order valence-corrected chi connectivity index (χ4v) is 3.30. The Hall–Kier alpha value is -2.04. The summed E-state index contributed by atoms with van der Waals surface area (Å²) >= 11 is 0. The number of nitrogens with one attached hydrogen (secondary N) is 1. The molecule has 0 saturated carbocycles. The van der Waals surface area contributed by atoms with Crippen LogP contribution in [0, 0.1) is 0 Å². The average molecular weight is 288 g/mol. The Labute approximate surface area is 123 Å². The van der Waals surface area contributed by atoms with Crippen LogP contribution in [0.4, 0.5) is 5.69 Å². The highest BCUT2D eigenvalue weighted by Crippen LogP contribution is 2.28. The first-order valence-electron chi connectivity index (χ1n) is 7.58. The van der Waals surface area contributed by atoms with Gasteiger partial charge in [-0.15, -0.1) is 0 Å². The van der Waals surface area contributed by atoms with Gasteiger partial charge in [0.1, 0.15) is 6.04 Å². The number of benzene rings is 1. The number of piperidine rings is 1. The van der Waals surface area contributed by atoms with E-state index in [1.165, 1.54) is 4.90 Å². The Morgan fingerprint density at radius 3 is 2.90 bits per heavy atom. The minimum Gasteiger partial charge on any atom is -0.480 e. The molecule has 5 nitrogen and oxygen atoms in total. The number of aliphatic carboxylic acids is 1. The number of carbonyl (C=O) groups is 2. The zero-order valence-electron chi connectivity index (χ0n) is 12.0. The molecule has 3 rings (SSSR count). The highest BCUT2D eigenvalue weighted by molar-refractivity contribution is 5.99. The molecular formula is C16H20N2O3. The quantitative estimate of drug-likeness (QED) is 0.874. The van der Waals surface area contributed by atoms with E-state index in [1.807, 2.05) is 18.2 Å². The summed E-state index contributed by atoms with van der Waals surface area (Å²) in [5.41, 5.74) is 2.70. The second-order valence-corrected chi connectivity index (χ2v) is 5.71. The summed E-state index contributed by atoms with van der Waals surface area (Å²) in [5, 5.41) is 12.6.